The van der Waals surface area contributed by atoms with E-state index in [1.165, 1.54) is 5.56 Å². The fourth-order valence-electron chi connectivity index (χ4n) is 2.45. The standard InChI is InChI=1S/C16H15N3O/c17-10-13-6-7-16(18-11-13)19-8-9-20-12-15(19)14-4-2-1-3-5-14/h1-7,11,15H,8-9,12H2/t15-/m0/s1. The zero-order valence-electron chi connectivity index (χ0n) is 11.1. The van der Waals surface area contributed by atoms with Gasteiger partial charge in [0, 0.05) is 12.7 Å². The molecule has 1 saturated heterocycles. The Morgan fingerprint density at radius 1 is 1.20 bits per heavy atom. The Morgan fingerprint density at radius 2 is 2.05 bits per heavy atom. The van der Waals surface area contributed by atoms with Gasteiger partial charge in [0.05, 0.1) is 24.8 Å². The van der Waals surface area contributed by atoms with Crippen molar-refractivity contribution in [2.45, 2.75) is 6.04 Å². The van der Waals surface area contributed by atoms with Gasteiger partial charge in [0.25, 0.3) is 0 Å². The first-order valence-corrected chi connectivity index (χ1v) is 6.64. The van der Waals surface area contributed by atoms with Crippen LogP contribution >= 0.6 is 0 Å². The topological polar surface area (TPSA) is 49.2 Å². The van der Waals surface area contributed by atoms with Crippen molar-refractivity contribution in [3.8, 4) is 6.07 Å². The van der Waals surface area contributed by atoms with E-state index in [2.05, 4.69) is 28.1 Å². The third-order valence-corrected chi connectivity index (χ3v) is 3.48. The molecule has 2 aromatic rings. The van der Waals surface area contributed by atoms with Gasteiger partial charge in [0.1, 0.15) is 11.9 Å². The number of ether oxygens (including phenoxy) is 1. The summed E-state index contributed by atoms with van der Waals surface area (Å²) in [6.07, 6.45) is 1.62. The summed E-state index contributed by atoms with van der Waals surface area (Å²) in [5.41, 5.74) is 1.80. The lowest BCUT2D eigenvalue weighted by Gasteiger charge is -2.36. The predicted molar refractivity (Wildman–Crippen MR) is 76.3 cm³/mol. The molecule has 2 heterocycles. The number of rotatable bonds is 2. The first-order chi connectivity index (χ1) is 9.88. The van der Waals surface area contributed by atoms with Gasteiger partial charge in [-0.25, -0.2) is 4.98 Å². The highest BCUT2D eigenvalue weighted by atomic mass is 16.5. The van der Waals surface area contributed by atoms with Gasteiger partial charge in [-0.3, -0.25) is 0 Å². The number of hydrogen-bond donors (Lipinski definition) is 0. The molecule has 0 bridgehead atoms. The van der Waals surface area contributed by atoms with Crippen molar-refractivity contribution >= 4 is 5.82 Å². The second kappa shape index (κ2) is 5.72. The van der Waals surface area contributed by atoms with Crippen LogP contribution in [0.3, 0.4) is 0 Å². The molecule has 1 aromatic carbocycles. The Morgan fingerprint density at radius 3 is 2.75 bits per heavy atom. The number of aromatic nitrogens is 1. The van der Waals surface area contributed by atoms with E-state index in [4.69, 9.17) is 10.00 Å². The monoisotopic (exact) mass is 265 g/mol. The molecule has 1 aliphatic heterocycles. The molecule has 0 N–H and O–H groups in total. The summed E-state index contributed by atoms with van der Waals surface area (Å²) in [4.78, 5) is 6.63. The van der Waals surface area contributed by atoms with E-state index in [1.807, 2.05) is 24.3 Å². The van der Waals surface area contributed by atoms with E-state index in [1.54, 1.807) is 12.3 Å². The van der Waals surface area contributed by atoms with Crippen molar-refractivity contribution in [1.82, 2.24) is 4.98 Å². The maximum absolute atomic E-state index is 8.85. The molecule has 3 rings (SSSR count). The van der Waals surface area contributed by atoms with Gasteiger partial charge >= 0.3 is 0 Å². The Kier molecular flexibility index (Phi) is 3.62. The maximum atomic E-state index is 8.85. The van der Waals surface area contributed by atoms with Gasteiger partial charge in [-0.1, -0.05) is 30.3 Å². The summed E-state index contributed by atoms with van der Waals surface area (Å²) in [5.74, 6) is 0.890. The summed E-state index contributed by atoms with van der Waals surface area (Å²) in [7, 11) is 0. The van der Waals surface area contributed by atoms with Crippen molar-refractivity contribution < 1.29 is 4.74 Å². The fraction of sp³-hybridized carbons (Fsp3) is 0.250. The van der Waals surface area contributed by atoms with Crippen molar-refractivity contribution in [2.75, 3.05) is 24.7 Å². The molecule has 0 saturated carbocycles. The van der Waals surface area contributed by atoms with E-state index in [-0.39, 0.29) is 6.04 Å². The van der Waals surface area contributed by atoms with E-state index in [0.29, 0.717) is 18.8 Å². The molecule has 0 aliphatic carbocycles. The molecule has 0 spiro atoms. The fourth-order valence-corrected chi connectivity index (χ4v) is 2.45. The van der Waals surface area contributed by atoms with Crippen molar-refractivity contribution in [1.29, 1.82) is 5.26 Å². The molecule has 4 nitrogen and oxygen atoms in total. The lowest BCUT2D eigenvalue weighted by Crippen LogP contribution is -2.40. The summed E-state index contributed by atoms with van der Waals surface area (Å²) in [5, 5.41) is 8.85. The average Bonchev–Trinajstić information content (AvgIpc) is 2.56. The van der Waals surface area contributed by atoms with Crippen LogP contribution in [0.5, 0.6) is 0 Å². The number of nitriles is 1. The van der Waals surface area contributed by atoms with E-state index >= 15 is 0 Å². The first kappa shape index (κ1) is 12.6. The molecule has 0 amide bonds. The molecular weight excluding hydrogens is 250 g/mol. The predicted octanol–water partition coefficient (Wildman–Crippen LogP) is 2.53. The van der Waals surface area contributed by atoms with Crippen LogP contribution in [-0.2, 0) is 4.74 Å². The summed E-state index contributed by atoms with van der Waals surface area (Å²) in [6.45, 7) is 2.16. The normalized spacial score (nSPS) is 18.6. The smallest absolute Gasteiger partial charge is 0.129 e. The summed E-state index contributed by atoms with van der Waals surface area (Å²) in [6, 6.07) is 16.3. The van der Waals surface area contributed by atoms with E-state index < -0.39 is 0 Å². The first-order valence-electron chi connectivity index (χ1n) is 6.64. The largest absolute Gasteiger partial charge is 0.377 e. The Labute approximate surface area is 118 Å². The number of benzene rings is 1. The van der Waals surface area contributed by atoms with E-state index in [9.17, 15) is 0 Å². The molecule has 1 fully saturated rings. The molecule has 100 valence electrons. The molecule has 0 radical (unpaired) electrons. The highest BCUT2D eigenvalue weighted by Crippen LogP contribution is 2.28. The van der Waals surface area contributed by atoms with Gasteiger partial charge in [0.15, 0.2) is 0 Å². The molecule has 1 aromatic heterocycles. The minimum absolute atomic E-state index is 0.172. The summed E-state index contributed by atoms with van der Waals surface area (Å²) >= 11 is 0. The van der Waals surface area contributed by atoms with Crippen LogP contribution in [0.2, 0.25) is 0 Å². The van der Waals surface area contributed by atoms with Gasteiger partial charge in [-0.05, 0) is 17.7 Å². The third kappa shape index (κ3) is 2.49. The molecule has 0 unspecified atom stereocenters. The van der Waals surface area contributed by atoms with Crippen LogP contribution in [0.4, 0.5) is 5.82 Å². The lowest BCUT2D eigenvalue weighted by atomic mass is 10.0. The molecule has 4 heteroatoms. The van der Waals surface area contributed by atoms with Crippen LogP contribution in [0, 0.1) is 11.3 Å². The highest BCUT2D eigenvalue weighted by Gasteiger charge is 2.25. The quantitative estimate of drug-likeness (QED) is 0.837. The number of hydrogen-bond acceptors (Lipinski definition) is 4. The maximum Gasteiger partial charge on any atom is 0.129 e. The Bertz CT molecular complexity index is 604. The lowest BCUT2D eigenvalue weighted by molar-refractivity contribution is 0.0937. The number of pyridine rings is 1. The van der Waals surface area contributed by atoms with Crippen molar-refractivity contribution in [3.63, 3.8) is 0 Å². The van der Waals surface area contributed by atoms with Crippen molar-refractivity contribution in [3.05, 3.63) is 59.8 Å². The summed E-state index contributed by atoms with van der Waals surface area (Å²) < 4.78 is 5.61. The van der Waals surface area contributed by atoms with Crippen LogP contribution in [0.15, 0.2) is 48.7 Å². The molecule has 20 heavy (non-hydrogen) atoms. The van der Waals surface area contributed by atoms with Gasteiger partial charge < -0.3 is 9.64 Å². The molecule has 1 atom stereocenters. The van der Waals surface area contributed by atoms with Gasteiger partial charge in [-0.15, -0.1) is 0 Å². The third-order valence-electron chi connectivity index (χ3n) is 3.48. The average molecular weight is 265 g/mol. The number of anilines is 1. The second-order valence-corrected chi connectivity index (χ2v) is 4.71. The van der Waals surface area contributed by atoms with Gasteiger partial charge in [-0.2, -0.15) is 5.26 Å². The van der Waals surface area contributed by atoms with Crippen LogP contribution < -0.4 is 4.90 Å². The van der Waals surface area contributed by atoms with Crippen LogP contribution in [0.1, 0.15) is 17.2 Å². The van der Waals surface area contributed by atoms with Crippen molar-refractivity contribution in [2.24, 2.45) is 0 Å². The van der Waals surface area contributed by atoms with Crippen LogP contribution in [-0.4, -0.2) is 24.7 Å². The van der Waals surface area contributed by atoms with Gasteiger partial charge in [0.2, 0.25) is 0 Å². The zero-order valence-corrected chi connectivity index (χ0v) is 11.1. The highest BCUT2D eigenvalue weighted by molar-refractivity contribution is 5.45. The number of morpholine rings is 1. The Hall–Kier alpha value is -2.38. The Balaban J connectivity index is 1.90. The SMILES string of the molecule is N#Cc1ccc(N2CCOC[C@H]2c2ccccc2)nc1. The minimum Gasteiger partial charge on any atom is -0.377 e. The second-order valence-electron chi connectivity index (χ2n) is 4.71. The zero-order chi connectivity index (χ0) is 13.8. The van der Waals surface area contributed by atoms with E-state index in [0.717, 1.165) is 12.4 Å². The molecular formula is C16H15N3O. The van der Waals surface area contributed by atoms with Crippen LogP contribution in [0.25, 0.3) is 0 Å². The minimum atomic E-state index is 0.172. The number of nitrogens with zero attached hydrogens (tertiary/aromatic N) is 3. The molecule has 1 aliphatic rings.